The van der Waals surface area contributed by atoms with E-state index in [1.807, 2.05) is 18.2 Å². The Kier molecular flexibility index (Phi) is 5.28. The van der Waals surface area contributed by atoms with E-state index in [2.05, 4.69) is 65.8 Å². The van der Waals surface area contributed by atoms with Crippen LogP contribution in [0.2, 0.25) is 0 Å². The summed E-state index contributed by atoms with van der Waals surface area (Å²) in [6.45, 7) is 1.88. The summed E-state index contributed by atoms with van der Waals surface area (Å²) in [7, 11) is 4.47. The van der Waals surface area contributed by atoms with Crippen LogP contribution < -0.4 is 5.32 Å². The third-order valence-electron chi connectivity index (χ3n) is 7.69. The van der Waals surface area contributed by atoms with Gasteiger partial charge in [0.15, 0.2) is 0 Å². The van der Waals surface area contributed by atoms with Gasteiger partial charge in [0.1, 0.15) is 0 Å². The first kappa shape index (κ1) is 19.6. The number of nitrogens with zero attached hydrogens (tertiary/aromatic N) is 2. The molecule has 1 aromatic rings. The summed E-state index contributed by atoms with van der Waals surface area (Å²) in [5.74, 6) is 2.55. The van der Waals surface area contributed by atoms with E-state index < -0.39 is 0 Å². The Morgan fingerprint density at radius 2 is 2.03 bits per heavy atom. The Balaban J connectivity index is 1.19. The zero-order valence-electron chi connectivity index (χ0n) is 18.1. The number of likely N-dealkylation sites (tertiary alicyclic amines) is 1. The van der Waals surface area contributed by atoms with E-state index in [0.717, 1.165) is 19.5 Å². The number of rotatable bonds is 5. The highest BCUT2D eigenvalue weighted by atomic mass is 16.1. The number of hydrogen-bond donors (Lipinski definition) is 1. The van der Waals surface area contributed by atoms with Crippen LogP contribution >= 0.6 is 0 Å². The maximum Gasteiger partial charge on any atom is 0.220 e. The fraction of sp³-hybridized carbons (Fsp3) is 0.500. The summed E-state index contributed by atoms with van der Waals surface area (Å²) >= 11 is 0. The van der Waals surface area contributed by atoms with Gasteiger partial charge in [-0.05, 0) is 61.3 Å². The lowest BCUT2D eigenvalue weighted by molar-refractivity contribution is -0.121. The highest BCUT2D eigenvalue weighted by Gasteiger charge is 2.49. The van der Waals surface area contributed by atoms with Crippen LogP contribution in [-0.4, -0.2) is 48.9 Å². The van der Waals surface area contributed by atoms with E-state index in [9.17, 15) is 4.79 Å². The Morgan fingerprint density at radius 3 is 2.87 bits per heavy atom. The van der Waals surface area contributed by atoms with Gasteiger partial charge in [-0.25, -0.2) is 0 Å². The third-order valence-corrected chi connectivity index (χ3v) is 7.69. The van der Waals surface area contributed by atoms with Crippen LogP contribution in [0.4, 0.5) is 0 Å². The molecule has 0 aromatic heterocycles. The van der Waals surface area contributed by atoms with Crippen LogP contribution in [0.3, 0.4) is 0 Å². The quantitative estimate of drug-likeness (QED) is 0.816. The first-order valence-electron chi connectivity index (χ1n) is 11.4. The predicted octanol–water partition coefficient (Wildman–Crippen LogP) is 3.59. The molecule has 30 heavy (non-hydrogen) atoms. The molecule has 0 spiro atoms. The smallest absolute Gasteiger partial charge is 0.220 e. The summed E-state index contributed by atoms with van der Waals surface area (Å²) < 4.78 is 0. The Hall–Kier alpha value is -2.33. The van der Waals surface area contributed by atoms with Crippen LogP contribution in [0.5, 0.6) is 0 Å². The molecule has 158 valence electrons. The van der Waals surface area contributed by atoms with E-state index in [0.29, 0.717) is 36.1 Å². The maximum atomic E-state index is 12.4. The molecule has 2 fully saturated rings. The van der Waals surface area contributed by atoms with Crippen molar-refractivity contribution in [2.75, 3.05) is 27.2 Å². The molecular weight excluding hydrogens is 370 g/mol. The number of piperidine rings is 1. The van der Waals surface area contributed by atoms with Crippen molar-refractivity contribution in [3.05, 3.63) is 71.6 Å². The molecule has 2 heterocycles. The molecule has 4 nitrogen and oxygen atoms in total. The van der Waals surface area contributed by atoms with Crippen molar-refractivity contribution in [1.29, 1.82) is 0 Å². The molecule has 4 heteroatoms. The molecule has 0 radical (unpaired) electrons. The number of benzene rings is 1. The van der Waals surface area contributed by atoms with Gasteiger partial charge in [-0.2, -0.15) is 0 Å². The highest BCUT2D eigenvalue weighted by molar-refractivity contribution is 5.76. The van der Waals surface area contributed by atoms with E-state index in [-0.39, 0.29) is 5.91 Å². The lowest BCUT2D eigenvalue weighted by Gasteiger charge is -2.51. The van der Waals surface area contributed by atoms with Gasteiger partial charge in [-0.15, -0.1) is 0 Å². The fourth-order valence-corrected chi connectivity index (χ4v) is 6.29. The zero-order valence-corrected chi connectivity index (χ0v) is 18.1. The van der Waals surface area contributed by atoms with Gasteiger partial charge < -0.3 is 15.1 Å². The molecule has 2 aliphatic heterocycles. The molecular formula is C26H33N3O. The second-order valence-electron chi connectivity index (χ2n) is 9.61. The minimum Gasteiger partial charge on any atom is -0.356 e. The average Bonchev–Trinajstić information content (AvgIpc) is 3.09. The molecule has 1 aromatic carbocycles. The first-order chi connectivity index (χ1) is 14.6. The predicted molar refractivity (Wildman–Crippen MR) is 120 cm³/mol. The van der Waals surface area contributed by atoms with Gasteiger partial charge in [0.05, 0.1) is 0 Å². The monoisotopic (exact) mass is 403 g/mol. The van der Waals surface area contributed by atoms with Crippen molar-refractivity contribution in [3.63, 3.8) is 0 Å². The van der Waals surface area contributed by atoms with Crippen LogP contribution in [0.15, 0.2) is 66.0 Å². The number of hydrogen-bond acceptors (Lipinski definition) is 3. The van der Waals surface area contributed by atoms with Gasteiger partial charge in [-0.1, -0.05) is 42.5 Å². The van der Waals surface area contributed by atoms with Crippen LogP contribution in [0.25, 0.3) is 0 Å². The second kappa shape index (κ2) is 8.07. The Bertz CT molecular complexity index is 887. The normalized spacial score (nSPS) is 32.2. The van der Waals surface area contributed by atoms with Gasteiger partial charge >= 0.3 is 0 Å². The molecule has 0 bridgehead atoms. The highest BCUT2D eigenvalue weighted by Crippen LogP contribution is 2.52. The van der Waals surface area contributed by atoms with Crippen LogP contribution in [-0.2, 0) is 11.2 Å². The lowest BCUT2D eigenvalue weighted by Crippen LogP contribution is -2.54. The van der Waals surface area contributed by atoms with E-state index >= 15 is 0 Å². The standard InChI is InChI=1S/C26H33N3O/c1-28-16-19(15-27-25(30)12-11-18-7-4-3-5-8-18)13-22-21-9-6-10-23-26(21)20(14-24(22)28)17-29(23)2/h3-10,17,19,21-22,24,26H,11-16H2,1-2H3,(H,27,30)/t19-,21?,22+,24+,26?/m0/s1. The molecule has 5 atom stereocenters. The SMILES string of the molecule is CN1C=C2C[C@@H]3[C@H](C[C@@H](CNC(=O)CCc4ccccc4)CN3C)C3C=CC=C1C23. The number of carbonyl (C=O) groups excluding carboxylic acids is 1. The van der Waals surface area contributed by atoms with Gasteiger partial charge in [0, 0.05) is 50.4 Å². The van der Waals surface area contributed by atoms with Crippen molar-refractivity contribution in [1.82, 2.24) is 15.1 Å². The largest absolute Gasteiger partial charge is 0.356 e. The molecule has 5 rings (SSSR count). The second-order valence-corrected chi connectivity index (χ2v) is 9.61. The van der Waals surface area contributed by atoms with Crippen LogP contribution in [0, 0.1) is 23.7 Å². The van der Waals surface area contributed by atoms with E-state index in [4.69, 9.17) is 0 Å². The van der Waals surface area contributed by atoms with E-state index in [1.165, 1.54) is 24.1 Å². The van der Waals surface area contributed by atoms with Crippen molar-refractivity contribution in [2.24, 2.45) is 23.7 Å². The first-order valence-corrected chi connectivity index (χ1v) is 11.4. The molecule has 4 aliphatic rings. The molecule has 1 amide bonds. The van der Waals surface area contributed by atoms with Gasteiger partial charge in [-0.3, -0.25) is 4.79 Å². The molecule has 2 aliphatic carbocycles. The maximum absolute atomic E-state index is 12.4. The fourth-order valence-electron chi connectivity index (χ4n) is 6.29. The average molecular weight is 404 g/mol. The minimum absolute atomic E-state index is 0.178. The molecule has 1 saturated carbocycles. The lowest BCUT2D eigenvalue weighted by atomic mass is 9.61. The van der Waals surface area contributed by atoms with Crippen LogP contribution in [0.1, 0.15) is 24.8 Å². The number of allylic oxidation sites excluding steroid dienone is 4. The Morgan fingerprint density at radius 1 is 1.20 bits per heavy atom. The van der Waals surface area contributed by atoms with Crippen molar-refractivity contribution in [2.45, 2.75) is 31.7 Å². The van der Waals surface area contributed by atoms with Gasteiger partial charge in [0.25, 0.3) is 0 Å². The number of carbonyl (C=O) groups is 1. The van der Waals surface area contributed by atoms with Crippen molar-refractivity contribution in [3.8, 4) is 0 Å². The van der Waals surface area contributed by atoms with Crippen molar-refractivity contribution < 1.29 is 4.79 Å². The Labute approximate surface area is 180 Å². The number of aryl methyl sites for hydroxylation is 1. The van der Waals surface area contributed by atoms with E-state index in [1.54, 1.807) is 5.57 Å². The zero-order chi connectivity index (χ0) is 20.7. The summed E-state index contributed by atoms with van der Waals surface area (Å²) in [6, 6.07) is 10.9. The summed E-state index contributed by atoms with van der Waals surface area (Å²) in [5, 5.41) is 3.23. The number of nitrogens with one attached hydrogen (secondary N) is 1. The summed E-state index contributed by atoms with van der Waals surface area (Å²) in [6.07, 6.45) is 13.2. The number of amides is 1. The van der Waals surface area contributed by atoms with Gasteiger partial charge in [0.2, 0.25) is 5.91 Å². The molecule has 1 N–H and O–H groups in total. The van der Waals surface area contributed by atoms with Crippen molar-refractivity contribution >= 4 is 5.91 Å². The minimum atomic E-state index is 0.178. The third kappa shape index (κ3) is 3.62. The summed E-state index contributed by atoms with van der Waals surface area (Å²) in [4.78, 5) is 17.3. The molecule has 1 saturated heterocycles. The summed E-state index contributed by atoms with van der Waals surface area (Å²) in [5.41, 5.74) is 4.31. The topological polar surface area (TPSA) is 35.6 Å². The molecule has 2 unspecified atom stereocenters. The number of fused-ring (bicyclic) bond motifs is 2.